The molecule has 7 heteroatoms. The Labute approximate surface area is 166 Å². The lowest BCUT2D eigenvalue weighted by Gasteiger charge is -2.37. The largest absolute Gasteiger partial charge is 0.370 e. The molecule has 1 saturated heterocycles. The van der Waals surface area contributed by atoms with E-state index in [1.807, 2.05) is 6.07 Å². The van der Waals surface area contributed by atoms with Crippen LogP contribution in [-0.4, -0.2) is 27.5 Å². The van der Waals surface area contributed by atoms with Gasteiger partial charge in [-0.05, 0) is 30.4 Å². The van der Waals surface area contributed by atoms with Gasteiger partial charge in [-0.2, -0.15) is 5.26 Å². The van der Waals surface area contributed by atoms with Crippen LogP contribution in [0, 0.1) is 34.8 Å². The van der Waals surface area contributed by atoms with E-state index in [1.54, 1.807) is 16.7 Å². The maximum atomic E-state index is 14.0. The highest BCUT2D eigenvalue weighted by Gasteiger charge is 2.25. The zero-order chi connectivity index (χ0) is 20.3. The van der Waals surface area contributed by atoms with Crippen LogP contribution in [-0.2, 0) is 0 Å². The molecule has 5 rings (SSSR count). The Balaban J connectivity index is 1.86. The number of pyridine rings is 2. The molecule has 1 aromatic carbocycles. The predicted molar refractivity (Wildman–Crippen MR) is 108 cm³/mol. The molecule has 29 heavy (non-hydrogen) atoms. The van der Waals surface area contributed by atoms with Gasteiger partial charge in [-0.15, -0.1) is 0 Å². The van der Waals surface area contributed by atoms with Gasteiger partial charge in [0.15, 0.2) is 17.3 Å². The quantitative estimate of drug-likeness (QED) is 0.473. The summed E-state index contributed by atoms with van der Waals surface area (Å²) >= 11 is 0. The van der Waals surface area contributed by atoms with E-state index in [-0.39, 0.29) is 0 Å². The van der Waals surface area contributed by atoms with Crippen LogP contribution in [0.25, 0.3) is 27.7 Å². The fourth-order valence-electron chi connectivity index (χ4n) is 4.66. The maximum absolute atomic E-state index is 14.0. The zero-order valence-electron chi connectivity index (χ0n) is 16.2. The van der Waals surface area contributed by atoms with Crippen LogP contribution in [0.1, 0.15) is 25.8 Å². The number of nitrogens with zero attached hydrogens (tertiary/aromatic N) is 5. The van der Waals surface area contributed by atoms with Crippen molar-refractivity contribution < 1.29 is 8.78 Å². The average Bonchev–Trinajstić information content (AvgIpc) is 3.05. The highest BCUT2D eigenvalue weighted by Crippen LogP contribution is 2.34. The summed E-state index contributed by atoms with van der Waals surface area (Å²) in [4.78, 5) is 11.2. The molecule has 0 unspecified atom stereocenters. The molecule has 4 heterocycles. The summed E-state index contributed by atoms with van der Waals surface area (Å²) in [6.45, 7) is 6.33. The van der Waals surface area contributed by atoms with E-state index < -0.39 is 11.6 Å². The lowest BCUT2D eigenvalue weighted by Crippen LogP contribution is -2.38. The summed E-state index contributed by atoms with van der Waals surface area (Å²) in [6, 6.07) is 8.10. The lowest BCUT2D eigenvalue weighted by molar-refractivity contribution is 0.357. The van der Waals surface area contributed by atoms with Crippen molar-refractivity contribution in [1.82, 2.24) is 14.4 Å². The second-order valence-corrected chi connectivity index (χ2v) is 8.11. The summed E-state index contributed by atoms with van der Waals surface area (Å²) in [5.74, 6) is -0.794. The molecular weight excluding hydrogens is 372 g/mol. The highest BCUT2D eigenvalue weighted by atomic mass is 19.2. The molecular formula is C22H19F2N5. The third-order valence-electron chi connectivity index (χ3n) is 5.71. The Morgan fingerprint density at radius 2 is 1.79 bits per heavy atom. The molecule has 1 fully saturated rings. The number of imidazole rings is 1. The van der Waals surface area contributed by atoms with Gasteiger partial charge in [-0.25, -0.2) is 18.7 Å². The maximum Gasteiger partial charge on any atom is 0.161 e. The van der Waals surface area contributed by atoms with E-state index in [1.165, 1.54) is 6.42 Å². The first-order chi connectivity index (χ1) is 14.0. The van der Waals surface area contributed by atoms with Crippen LogP contribution in [0.15, 0.2) is 30.5 Å². The third-order valence-corrected chi connectivity index (χ3v) is 5.71. The number of rotatable bonds is 1. The lowest BCUT2D eigenvalue weighted by atomic mass is 9.91. The van der Waals surface area contributed by atoms with Gasteiger partial charge in [0, 0.05) is 42.5 Å². The van der Waals surface area contributed by atoms with Crippen molar-refractivity contribution in [1.29, 1.82) is 5.26 Å². The van der Waals surface area contributed by atoms with E-state index in [0.717, 1.165) is 36.3 Å². The summed E-state index contributed by atoms with van der Waals surface area (Å²) in [5, 5.41) is 10.5. The van der Waals surface area contributed by atoms with Crippen molar-refractivity contribution in [3.63, 3.8) is 0 Å². The number of anilines is 1. The number of nitriles is 1. The first kappa shape index (κ1) is 17.8. The van der Waals surface area contributed by atoms with Crippen LogP contribution < -0.4 is 4.90 Å². The van der Waals surface area contributed by atoms with Crippen LogP contribution in [0.3, 0.4) is 0 Å². The van der Waals surface area contributed by atoms with E-state index in [0.29, 0.717) is 39.7 Å². The van der Waals surface area contributed by atoms with E-state index >= 15 is 0 Å². The van der Waals surface area contributed by atoms with Crippen molar-refractivity contribution in [3.8, 4) is 6.07 Å². The predicted octanol–water partition coefficient (Wildman–Crippen LogP) is 4.67. The number of hydrogen-bond acceptors (Lipinski definition) is 4. The van der Waals surface area contributed by atoms with Gasteiger partial charge < -0.3 is 4.90 Å². The first-order valence-electron chi connectivity index (χ1n) is 9.70. The molecule has 1 aliphatic heterocycles. The molecule has 1 aliphatic rings. The van der Waals surface area contributed by atoms with Gasteiger partial charge >= 0.3 is 0 Å². The molecule has 0 amide bonds. The number of aromatic nitrogens is 3. The first-order valence-corrected chi connectivity index (χ1v) is 9.70. The fourth-order valence-corrected chi connectivity index (χ4v) is 4.66. The van der Waals surface area contributed by atoms with Gasteiger partial charge in [0.25, 0.3) is 0 Å². The van der Waals surface area contributed by atoms with Gasteiger partial charge in [0.05, 0.1) is 16.6 Å². The fraction of sp³-hybridized carbons (Fsp3) is 0.318. The second-order valence-electron chi connectivity index (χ2n) is 8.11. The van der Waals surface area contributed by atoms with Crippen LogP contribution >= 0.6 is 0 Å². The third kappa shape index (κ3) is 2.70. The second kappa shape index (κ2) is 6.38. The Kier molecular flexibility index (Phi) is 3.91. The number of piperidine rings is 1. The smallest absolute Gasteiger partial charge is 0.161 e. The molecule has 0 N–H and O–H groups in total. The van der Waals surface area contributed by atoms with E-state index in [4.69, 9.17) is 0 Å². The van der Waals surface area contributed by atoms with Crippen LogP contribution in [0.2, 0.25) is 0 Å². The van der Waals surface area contributed by atoms with Crippen molar-refractivity contribution in [2.75, 3.05) is 18.0 Å². The Bertz CT molecular complexity index is 1310. The molecule has 2 atom stereocenters. The number of fused-ring (bicyclic) bond motifs is 5. The number of hydrogen-bond donors (Lipinski definition) is 0. The summed E-state index contributed by atoms with van der Waals surface area (Å²) < 4.78 is 29.4. The van der Waals surface area contributed by atoms with Crippen molar-refractivity contribution in [2.24, 2.45) is 11.8 Å². The minimum absolute atomic E-state index is 0.292. The monoisotopic (exact) mass is 391 g/mol. The van der Waals surface area contributed by atoms with E-state index in [9.17, 15) is 14.0 Å². The van der Waals surface area contributed by atoms with E-state index in [2.05, 4.69) is 34.8 Å². The standard InChI is InChI=1S/C22H19F2N5/c1-12-5-13(2)11-28(10-12)19-3-4-26-22-15(19)6-14(9-25)21-27-18-7-16(23)17(24)8-20(18)29(21)22/h3-4,6-8,12-13H,5,10-11H2,1-2H3/t12-,13+. The van der Waals surface area contributed by atoms with Gasteiger partial charge in [0.2, 0.25) is 0 Å². The minimum atomic E-state index is -0.964. The van der Waals surface area contributed by atoms with Crippen molar-refractivity contribution >= 4 is 33.4 Å². The summed E-state index contributed by atoms with van der Waals surface area (Å²) in [6.07, 6.45) is 2.91. The average molecular weight is 391 g/mol. The molecule has 146 valence electrons. The number of halogens is 2. The van der Waals surface area contributed by atoms with Crippen molar-refractivity contribution in [3.05, 3.63) is 47.7 Å². The molecule has 3 aromatic heterocycles. The molecule has 0 radical (unpaired) electrons. The van der Waals surface area contributed by atoms with Crippen LogP contribution in [0.5, 0.6) is 0 Å². The summed E-state index contributed by atoms with van der Waals surface area (Å²) in [7, 11) is 0. The number of benzene rings is 1. The van der Waals surface area contributed by atoms with Gasteiger partial charge in [-0.3, -0.25) is 4.40 Å². The Morgan fingerprint density at radius 3 is 2.52 bits per heavy atom. The van der Waals surface area contributed by atoms with Gasteiger partial charge in [-0.1, -0.05) is 13.8 Å². The Morgan fingerprint density at radius 1 is 1.07 bits per heavy atom. The van der Waals surface area contributed by atoms with Gasteiger partial charge in [0.1, 0.15) is 11.7 Å². The molecule has 4 aromatic rings. The minimum Gasteiger partial charge on any atom is -0.370 e. The normalized spacial score (nSPS) is 19.9. The molecule has 0 bridgehead atoms. The molecule has 0 aliphatic carbocycles. The summed E-state index contributed by atoms with van der Waals surface area (Å²) in [5.41, 5.74) is 2.96. The molecule has 0 spiro atoms. The SMILES string of the molecule is C[C@@H]1C[C@H](C)CN(c2ccnc3c2cc(C#N)c2nc4cc(F)c(F)cc4n23)C1. The van der Waals surface area contributed by atoms with Crippen LogP contribution in [0.4, 0.5) is 14.5 Å². The molecule has 0 saturated carbocycles. The molecule has 5 nitrogen and oxygen atoms in total. The Hall–Kier alpha value is -3.27. The topological polar surface area (TPSA) is 57.2 Å². The zero-order valence-corrected chi connectivity index (χ0v) is 16.2. The van der Waals surface area contributed by atoms with Crippen molar-refractivity contribution in [2.45, 2.75) is 20.3 Å². The highest BCUT2D eigenvalue weighted by molar-refractivity contribution is 5.97.